The van der Waals surface area contributed by atoms with Gasteiger partial charge in [-0.05, 0) is 40.2 Å². The molecule has 0 saturated heterocycles. The largest absolute Gasteiger partial charge is 0.450 e. The van der Waals surface area contributed by atoms with Gasteiger partial charge in [-0.2, -0.15) is 0 Å². The van der Waals surface area contributed by atoms with Crippen LogP contribution in [-0.4, -0.2) is 30.3 Å². The molecule has 2 aromatic carbocycles. The summed E-state index contributed by atoms with van der Waals surface area (Å²) in [5, 5.41) is 3.57. The summed E-state index contributed by atoms with van der Waals surface area (Å²) >= 11 is 3.39. The predicted octanol–water partition coefficient (Wildman–Crippen LogP) is 3.91. The highest BCUT2D eigenvalue weighted by Gasteiger charge is 2.19. The van der Waals surface area contributed by atoms with Crippen molar-refractivity contribution in [2.24, 2.45) is 0 Å². The number of amides is 2. The second-order valence-corrected chi connectivity index (χ2v) is 6.20. The molecule has 0 aliphatic carbocycles. The zero-order valence-electron chi connectivity index (χ0n) is 13.0. The van der Waals surface area contributed by atoms with Crippen molar-refractivity contribution in [2.75, 3.05) is 18.9 Å². The van der Waals surface area contributed by atoms with Crippen molar-refractivity contribution in [3.63, 3.8) is 0 Å². The van der Waals surface area contributed by atoms with E-state index in [0.717, 1.165) is 9.86 Å². The Hall–Kier alpha value is -2.60. The summed E-state index contributed by atoms with van der Waals surface area (Å²) in [6.45, 7) is -0.0635. The topological polar surface area (TPSA) is 62.6 Å². The van der Waals surface area contributed by atoms with Crippen LogP contribution in [0, 0.1) is 0 Å². The summed E-state index contributed by atoms with van der Waals surface area (Å²) in [5.41, 5.74) is 1.30. The van der Waals surface area contributed by atoms with Crippen LogP contribution in [0.25, 0.3) is 11.0 Å². The van der Waals surface area contributed by atoms with Gasteiger partial charge in [-0.1, -0.05) is 30.3 Å². The van der Waals surface area contributed by atoms with Gasteiger partial charge < -0.3 is 14.6 Å². The van der Waals surface area contributed by atoms with Crippen LogP contribution in [0.4, 0.5) is 5.69 Å². The maximum Gasteiger partial charge on any atom is 0.289 e. The fourth-order valence-corrected chi connectivity index (χ4v) is 2.79. The molecule has 0 saturated carbocycles. The third kappa shape index (κ3) is 3.49. The number of halogens is 1. The molecule has 3 rings (SSSR count). The lowest BCUT2D eigenvalue weighted by Gasteiger charge is -2.15. The molecule has 0 atom stereocenters. The molecule has 0 radical (unpaired) electrons. The summed E-state index contributed by atoms with van der Waals surface area (Å²) in [5.74, 6) is -0.414. The predicted molar refractivity (Wildman–Crippen MR) is 95.9 cm³/mol. The van der Waals surface area contributed by atoms with E-state index in [1.165, 1.54) is 4.90 Å². The molecule has 1 N–H and O–H groups in total. The van der Waals surface area contributed by atoms with Crippen LogP contribution in [0.3, 0.4) is 0 Å². The van der Waals surface area contributed by atoms with E-state index in [0.29, 0.717) is 11.3 Å². The SMILES string of the molecule is CN(CC(=O)Nc1ccccc1)C(=O)c1cc2cccc(Br)c2o1. The lowest BCUT2D eigenvalue weighted by Crippen LogP contribution is -2.34. The first-order valence-electron chi connectivity index (χ1n) is 7.33. The Morgan fingerprint density at radius 1 is 1.12 bits per heavy atom. The standard InChI is InChI=1S/C18H15BrN2O3/c1-21(11-16(22)20-13-7-3-2-4-8-13)18(23)15-10-12-6-5-9-14(19)17(12)24-15/h2-10H,11H2,1H3,(H,20,22). The van der Waals surface area contributed by atoms with Gasteiger partial charge >= 0.3 is 0 Å². The molecule has 0 bridgehead atoms. The highest BCUT2D eigenvalue weighted by molar-refractivity contribution is 9.10. The van der Waals surface area contributed by atoms with Crippen molar-refractivity contribution >= 4 is 44.4 Å². The number of rotatable bonds is 4. The van der Waals surface area contributed by atoms with Gasteiger partial charge in [0.1, 0.15) is 5.58 Å². The number of carbonyl (C=O) groups excluding carboxylic acids is 2. The quantitative estimate of drug-likeness (QED) is 0.739. The lowest BCUT2D eigenvalue weighted by atomic mass is 10.2. The Morgan fingerprint density at radius 2 is 1.88 bits per heavy atom. The average molecular weight is 387 g/mol. The smallest absolute Gasteiger partial charge is 0.289 e. The minimum atomic E-state index is -0.346. The number of hydrogen-bond donors (Lipinski definition) is 1. The minimum absolute atomic E-state index is 0.0635. The molecule has 0 spiro atoms. The number of fused-ring (bicyclic) bond motifs is 1. The van der Waals surface area contributed by atoms with Crippen molar-refractivity contribution in [2.45, 2.75) is 0 Å². The molecular formula is C18H15BrN2O3. The molecule has 6 heteroatoms. The third-order valence-corrected chi connectivity index (χ3v) is 4.12. The summed E-state index contributed by atoms with van der Waals surface area (Å²) in [4.78, 5) is 25.8. The highest BCUT2D eigenvalue weighted by atomic mass is 79.9. The van der Waals surface area contributed by atoms with Crippen LogP contribution in [0.1, 0.15) is 10.6 Å². The van der Waals surface area contributed by atoms with Crippen molar-refractivity contribution in [3.05, 3.63) is 64.8 Å². The Labute approximate surface area is 147 Å². The van der Waals surface area contributed by atoms with Gasteiger partial charge in [-0.3, -0.25) is 9.59 Å². The van der Waals surface area contributed by atoms with Gasteiger partial charge in [0.25, 0.3) is 5.91 Å². The highest BCUT2D eigenvalue weighted by Crippen LogP contribution is 2.27. The first-order valence-corrected chi connectivity index (χ1v) is 8.12. The van der Waals surface area contributed by atoms with Crippen molar-refractivity contribution in [3.8, 4) is 0 Å². The van der Waals surface area contributed by atoms with Crippen LogP contribution < -0.4 is 5.32 Å². The molecule has 0 fully saturated rings. The Bertz CT molecular complexity index is 890. The number of anilines is 1. The van der Waals surface area contributed by atoms with Gasteiger partial charge in [0.2, 0.25) is 5.91 Å². The molecule has 122 valence electrons. The number of likely N-dealkylation sites (N-methyl/N-ethyl adjacent to an activating group) is 1. The molecule has 1 aromatic heterocycles. The van der Waals surface area contributed by atoms with Gasteiger partial charge in [0.05, 0.1) is 11.0 Å². The van der Waals surface area contributed by atoms with Crippen LogP contribution in [0.2, 0.25) is 0 Å². The van der Waals surface area contributed by atoms with E-state index >= 15 is 0 Å². The van der Waals surface area contributed by atoms with Gasteiger partial charge in [-0.15, -0.1) is 0 Å². The van der Waals surface area contributed by atoms with E-state index in [4.69, 9.17) is 4.42 Å². The minimum Gasteiger partial charge on any atom is -0.450 e. The van der Waals surface area contributed by atoms with E-state index in [-0.39, 0.29) is 24.1 Å². The Kier molecular flexibility index (Phi) is 4.66. The van der Waals surface area contributed by atoms with Gasteiger partial charge in [-0.25, -0.2) is 0 Å². The van der Waals surface area contributed by atoms with E-state index in [2.05, 4.69) is 21.2 Å². The van der Waals surface area contributed by atoms with E-state index in [9.17, 15) is 9.59 Å². The monoisotopic (exact) mass is 386 g/mol. The summed E-state index contributed by atoms with van der Waals surface area (Å²) < 4.78 is 6.39. The van der Waals surface area contributed by atoms with E-state index in [1.807, 2.05) is 36.4 Å². The molecule has 0 aliphatic rings. The van der Waals surface area contributed by atoms with Crippen LogP contribution in [-0.2, 0) is 4.79 Å². The fraction of sp³-hybridized carbons (Fsp3) is 0.111. The number of furan rings is 1. The molecule has 3 aromatic rings. The molecule has 2 amide bonds. The first-order chi connectivity index (χ1) is 11.5. The Morgan fingerprint density at radius 3 is 2.58 bits per heavy atom. The molecule has 24 heavy (non-hydrogen) atoms. The summed E-state index contributed by atoms with van der Waals surface area (Å²) in [6, 6.07) is 16.4. The molecule has 5 nitrogen and oxygen atoms in total. The second-order valence-electron chi connectivity index (χ2n) is 5.34. The van der Waals surface area contributed by atoms with E-state index in [1.54, 1.807) is 25.2 Å². The first kappa shape index (κ1) is 16.3. The normalized spacial score (nSPS) is 10.6. The second kappa shape index (κ2) is 6.88. The third-order valence-electron chi connectivity index (χ3n) is 3.49. The van der Waals surface area contributed by atoms with Gasteiger partial charge in [0, 0.05) is 18.1 Å². The lowest BCUT2D eigenvalue weighted by molar-refractivity contribution is -0.116. The van der Waals surface area contributed by atoms with Crippen LogP contribution >= 0.6 is 15.9 Å². The number of benzene rings is 2. The van der Waals surface area contributed by atoms with Gasteiger partial charge in [0.15, 0.2) is 5.76 Å². The number of nitrogens with one attached hydrogen (secondary N) is 1. The summed E-state index contributed by atoms with van der Waals surface area (Å²) in [7, 11) is 1.56. The van der Waals surface area contributed by atoms with Crippen molar-refractivity contribution in [1.29, 1.82) is 0 Å². The Balaban J connectivity index is 1.69. The molecule has 0 unspecified atom stereocenters. The van der Waals surface area contributed by atoms with Crippen molar-refractivity contribution < 1.29 is 14.0 Å². The van der Waals surface area contributed by atoms with Crippen LogP contribution in [0.5, 0.6) is 0 Å². The number of carbonyl (C=O) groups is 2. The molecule has 0 aliphatic heterocycles. The number of hydrogen-bond acceptors (Lipinski definition) is 3. The zero-order valence-corrected chi connectivity index (χ0v) is 14.5. The maximum atomic E-state index is 12.5. The van der Waals surface area contributed by atoms with Crippen LogP contribution in [0.15, 0.2) is 63.5 Å². The number of nitrogens with zero attached hydrogens (tertiary/aromatic N) is 1. The fourth-order valence-electron chi connectivity index (χ4n) is 2.33. The average Bonchev–Trinajstić information content (AvgIpc) is 3.00. The zero-order chi connectivity index (χ0) is 17.1. The van der Waals surface area contributed by atoms with Crippen molar-refractivity contribution in [1.82, 2.24) is 4.90 Å². The maximum absolute atomic E-state index is 12.5. The summed E-state index contributed by atoms with van der Waals surface area (Å²) in [6.07, 6.45) is 0. The number of para-hydroxylation sites is 2. The van der Waals surface area contributed by atoms with E-state index < -0.39 is 0 Å². The molecular weight excluding hydrogens is 372 g/mol. The molecule has 1 heterocycles.